The van der Waals surface area contributed by atoms with Gasteiger partial charge in [0.2, 0.25) is 0 Å². The molecule has 1 saturated heterocycles. The normalized spacial score (nSPS) is 14.7. The summed E-state index contributed by atoms with van der Waals surface area (Å²) in [6.07, 6.45) is 1.28. The summed E-state index contributed by atoms with van der Waals surface area (Å²) >= 11 is 3.88. The molecule has 2 aromatic rings. The minimum Gasteiger partial charge on any atom is -0.457 e. The lowest BCUT2D eigenvalue weighted by Gasteiger charge is -2.16. The van der Waals surface area contributed by atoms with Crippen LogP contribution in [0.5, 0.6) is 11.5 Å². The number of thioether (sulfide) groups is 2. The van der Waals surface area contributed by atoms with E-state index >= 15 is 0 Å². The maximum Gasteiger partial charge on any atom is 0.128 e. The molecule has 1 fully saturated rings. The van der Waals surface area contributed by atoms with Crippen LogP contribution in [0.15, 0.2) is 52.8 Å². The highest BCUT2D eigenvalue weighted by molar-refractivity contribution is 8.23. The maximum absolute atomic E-state index is 12.9. The second-order valence-corrected chi connectivity index (χ2v) is 7.52. The molecular formula is C18H17FOS2. The molecule has 0 radical (unpaired) electrons. The highest BCUT2D eigenvalue weighted by Gasteiger charge is 2.11. The summed E-state index contributed by atoms with van der Waals surface area (Å²) in [5.41, 5.74) is 2.48. The number of halogens is 1. The predicted octanol–water partition coefficient (Wildman–Crippen LogP) is 6.18. The fourth-order valence-corrected chi connectivity index (χ4v) is 4.83. The molecule has 2 aromatic carbocycles. The number of benzene rings is 2. The summed E-state index contributed by atoms with van der Waals surface area (Å²) in [5.74, 6) is 3.56. The average molecular weight is 332 g/mol. The second-order valence-electron chi connectivity index (χ2n) is 5.05. The Hall–Kier alpha value is -1.39. The number of allylic oxidation sites excluding steroid dienone is 1. The SMILES string of the molecule is CC(=C1SCCCS1)c1cccc(Oc2ccc(F)cc2)c1. The molecule has 1 aliphatic heterocycles. The molecule has 0 spiro atoms. The zero-order valence-electron chi connectivity index (χ0n) is 12.3. The van der Waals surface area contributed by atoms with E-state index in [2.05, 4.69) is 13.0 Å². The molecule has 1 aliphatic rings. The summed E-state index contributed by atoms with van der Waals surface area (Å²) in [7, 11) is 0. The van der Waals surface area contributed by atoms with Crippen molar-refractivity contribution in [2.24, 2.45) is 0 Å². The fourth-order valence-electron chi connectivity index (χ4n) is 2.20. The van der Waals surface area contributed by atoms with Gasteiger partial charge >= 0.3 is 0 Å². The van der Waals surface area contributed by atoms with Crippen LogP contribution in [0.2, 0.25) is 0 Å². The monoisotopic (exact) mass is 332 g/mol. The number of hydrogen-bond acceptors (Lipinski definition) is 3. The van der Waals surface area contributed by atoms with Gasteiger partial charge in [-0.3, -0.25) is 0 Å². The molecule has 0 aromatic heterocycles. The van der Waals surface area contributed by atoms with E-state index in [1.165, 1.54) is 45.4 Å². The van der Waals surface area contributed by atoms with Crippen LogP contribution >= 0.6 is 23.5 Å². The molecule has 0 atom stereocenters. The Morgan fingerprint density at radius 1 is 1.00 bits per heavy atom. The van der Waals surface area contributed by atoms with E-state index in [4.69, 9.17) is 4.74 Å². The third-order valence-corrected chi connectivity index (χ3v) is 6.21. The molecule has 0 N–H and O–H groups in total. The van der Waals surface area contributed by atoms with Crippen molar-refractivity contribution in [1.82, 2.24) is 0 Å². The molecular weight excluding hydrogens is 315 g/mol. The highest BCUT2D eigenvalue weighted by atomic mass is 32.2. The smallest absolute Gasteiger partial charge is 0.128 e. The van der Waals surface area contributed by atoms with Crippen molar-refractivity contribution in [3.63, 3.8) is 0 Å². The van der Waals surface area contributed by atoms with Gasteiger partial charge < -0.3 is 4.74 Å². The Kier molecular flexibility index (Phi) is 5.11. The molecule has 0 amide bonds. The number of rotatable bonds is 3. The van der Waals surface area contributed by atoms with Crippen LogP contribution in [-0.2, 0) is 0 Å². The lowest BCUT2D eigenvalue weighted by molar-refractivity contribution is 0.480. The summed E-state index contributed by atoms with van der Waals surface area (Å²) < 4.78 is 20.2. The third-order valence-electron chi connectivity index (χ3n) is 3.38. The van der Waals surface area contributed by atoms with Gasteiger partial charge in [0.25, 0.3) is 0 Å². The Bertz CT molecular complexity index is 672. The van der Waals surface area contributed by atoms with Gasteiger partial charge in [-0.15, -0.1) is 23.5 Å². The quantitative estimate of drug-likeness (QED) is 0.664. The van der Waals surface area contributed by atoms with Gasteiger partial charge in [0, 0.05) is 4.24 Å². The lowest BCUT2D eigenvalue weighted by atomic mass is 10.1. The maximum atomic E-state index is 12.9. The van der Waals surface area contributed by atoms with Gasteiger partial charge in [0.05, 0.1) is 0 Å². The molecule has 22 heavy (non-hydrogen) atoms. The zero-order valence-corrected chi connectivity index (χ0v) is 14.0. The summed E-state index contributed by atoms with van der Waals surface area (Å²) in [6, 6.07) is 14.2. The molecule has 1 heterocycles. The van der Waals surface area contributed by atoms with Crippen molar-refractivity contribution in [3.05, 3.63) is 64.1 Å². The van der Waals surface area contributed by atoms with E-state index < -0.39 is 0 Å². The van der Waals surface area contributed by atoms with E-state index in [1.807, 2.05) is 41.7 Å². The number of ether oxygens (including phenoxy) is 1. The molecule has 0 unspecified atom stereocenters. The van der Waals surface area contributed by atoms with Crippen LogP contribution in [-0.4, -0.2) is 11.5 Å². The standard InChI is InChI=1S/C18H17FOS2/c1-13(18-21-10-3-11-22-18)14-4-2-5-17(12-14)20-16-8-6-15(19)7-9-16/h2,4-9,12H,3,10-11H2,1H3. The van der Waals surface area contributed by atoms with Crippen LogP contribution in [0.3, 0.4) is 0 Å². The van der Waals surface area contributed by atoms with Crippen molar-refractivity contribution in [3.8, 4) is 11.5 Å². The minimum atomic E-state index is -0.256. The van der Waals surface area contributed by atoms with Crippen LogP contribution in [0, 0.1) is 5.82 Å². The van der Waals surface area contributed by atoms with Crippen molar-refractivity contribution in [1.29, 1.82) is 0 Å². The van der Waals surface area contributed by atoms with Gasteiger partial charge in [-0.1, -0.05) is 12.1 Å². The molecule has 4 heteroatoms. The molecule has 3 rings (SSSR count). The van der Waals surface area contributed by atoms with Gasteiger partial charge in [0.15, 0.2) is 0 Å². The first-order chi connectivity index (χ1) is 10.7. The topological polar surface area (TPSA) is 9.23 Å². The van der Waals surface area contributed by atoms with Crippen LogP contribution < -0.4 is 4.74 Å². The van der Waals surface area contributed by atoms with Gasteiger partial charge in [-0.25, -0.2) is 4.39 Å². The minimum absolute atomic E-state index is 0.256. The summed E-state index contributed by atoms with van der Waals surface area (Å²) in [6.45, 7) is 2.16. The third kappa shape index (κ3) is 3.87. The van der Waals surface area contributed by atoms with E-state index in [-0.39, 0.29) is 5.82 Å². The fraction of sp³-hybridized carbons (Fsp3) is 0.222. The van der Waals surface area contributed by atoms with E-state index in [1.54, 1.807) is 12.1 Å². The average Bonchev–Trinajstić information content (AvgIpc) is 2.57. The van der Waals surface area contributed by atoms with E-state index in [0.717, 1.165) is 5.75 Å². The van der Waals surface area contributed by atoms with Crippen LogP contribution in [0.1, 0.15) is 18.9 Å². The van der Waals surface area contributed by atoms with Crippen molar-refractivity contribution in [2.75, 3.05) is 11.5 Å². The highest BCUT2D eigenvalue weighted by Crippen LogP contribution is 2.40. The van der Waals surface area contributed by atoms with Crippen LogP contribution in [0.25, 0.3) is 5.57 Å². The Morgan fingerprint density at radius 3 is 2.45 bits per heavy atom. The van der Waals surface area contributed by atoms with Crippen molar-refractivity contribution in [2.45, 2.75) is 13.3 Å². The zero-order chi connectivity index (χ0) is 15.4. The van der Waals surface area contributed by atoms with E-state index in [0.29, 0.717) is 5.75 Å². The molecule has 0 saturated carbocycles. The molecule has 0 bridgehead atoms. The Balaban J connectivity index is 1.81. The van der Waals surface area contributed by atoms with Crippen molar-refractivity contribution < 1.29 is 9.13 Å². The van der Waals surface area contributed by atoms with Gasteiger partial charge in [0.1, 0.15) is 17.3 Å². The number of hydrogen-bond donors (Lipinski definition) is 0. The first-order valence-electron chi connectivity index (χ1n) is 7.23. The first-order valence-corrected chi connectivity index (χ1v) is 9.20. The predicted molar refractivity (Wildman–Crippen MR) is 95.0 cm³/mol. The van der Waals surface area contributed by atoms with Gasteiger partial charge in [-0.05, 0) is 72.4 Å². The molecule has 1 nitrogen and oxygen atoms in total. The van der Waals surface area contributed by atoms with E-state index in [9.17, 15) is 4.39 Å². The summed E-state index contributed by atoms with van der Waals surface area (Å²) in [4.78, 5) is 0. The molecule has 0 aliphatic carbocycles. The lowest BCUT2D eigenvalue weighted by Crippen LogP contribution is -1.94. The Labute approximate surface area is 139 Å². The van der Waals surface area contributed by atoms with Gasteiger partial charge in [-0.2, -0.15) is 0 Å². The first kappa shape index (κ1) is 15.5. The van der Waals surface area contributed by atoms with Crippen molar-refractivity contribution >= 4 is 29.1 Å². The summed E-state index contributed by atoms with van der Waals surface area (Å²) in [5, 5.41) is 0. The molecule has 114 valence electrons. The second kappa shape index (κ2) is 7.25. The largest absolute Gasteiger partial charge is 0.457 e. The van der Waals surface area contributed by atoms with Crippen LogP contribution in [0.4, 0.5) is 4.39 Å². The Morgan fingerprint density at radius 2 is 1.73 bits per heavy atom.